The SMILES string of the molecule is CCC(C)CN(CC(=O)N(Cc1ccccc1)Cc1cccs1)C(=O)Nc1ccc(F)c(Cl)c1. The summed E-state index contributed by atoms with van der Waals surface area (Å²) < 4.78 is 13.5. The van der Waals surface area contributed by atoms with Crippen molar-refractivity contribution in [3.05, 3.63) is 87.3 Å². The van der Waals surface area contributed by atoms with Gasteiger partial charge in [-0.1, -0.05) is 68.3 Å². The number of halogens is 2. The van der Waals surface area contributed by atoms with Crippen LogP contribution in [0.15, 0.2) is 66.0 Å². The van der Waals surface area contributed by atoms with Crippen molar-refractivity contribution in [2.75, 3.05) is 18.4 Å². The number of amides is 3. The van der Waals surface area contributed by atoms with E-state index in [1.165, 1.54) is 23.1 Å². The number of thiophene rings is 1. The quantitative estimate of drug-likeness (QED) is 0.338. The van der Waals surface area contributed by atoms with E-state index in [0.717, 1.165) is 16.9 Å². The van der Waals surface area contributed by atoms with E-state index < -0.39 is 11.8 Å². The summed E-state index contributed by atoms with van der Waals surface area (Å²) in [6.07, 6.45) is 0.864. The summed E-state index contributed by atoms with van der Waals surface area (Å²) in [5, 5.41) is 4.65. The first-order valence-electron chi connectivity index (χ1n) is 11.2. The maximum Gasteiger partial charge on any atom is 0.322 e. The number of benzene rings is 2. The molecule has 1 heterocycles. The van der Waals surface area contributed by atoms with E-state index in [2.05, 4.69) is 5.32 Å². The summed E-state index contributed by atoms with van der Waals surface area (Å²) >= 11 is 7.45. The second-order valence-electron chi connectivity index (χ2n) is 8.27. The molecule has 34 heavy (non-hydrogen) atoms. The van der Waals surface area contributed by atoms with Crippen molar-refractivity contribution in [2.24, 2.45) is 5.92 Å². The summed E-state index contributed by atoms with van der Waals surface area (Å²) in [7, 11) is 0. The fraction of sp³-hybridized carbons (Fsp3) is 0.308. The Morgan fingerprint density at radius 2 is 1.82 bits per heavy atom. The molecule has 0 aliphatic heterocycles. The van der Waals surface area contributed by atoms with E-state index >= 15 is 0 Å². The van der Waals surface area contributed by atoms with Crippen LogP contribution in [0.25, 0.3) is 0 Å². The molecule has 0 radical (unpaired) electrons. The van der Waals surface area contributed by atoms with Crippen molar-refractivity contribution in [1.29, 1.82) is 0 Å². The second kappa shape index (κ2) is 12.5. The Labute approximate surface area is 209 Å². The third kappa shape index (κ3) is 7.57. The monoisotopic (exact) mass is 501 g/mol. The lowest BCUT2D eigenvalue weighted by Gasteiger charge is -2.29. The van der Waals surface area contributed by atoms with E-state index in [-0.39, 0.29) is 23.4 Å². The molecular weight excluding hydrogens is 473 g/mol. The van der Waals surface area contributed by atoms with Gasteiger partial charge in [-0.2, -0.15) is 0 Å². The smallest absolute Gasteiger partial charge is 0.322 e. The Kier molecular flexibility index (Phi) is 9.48. The van der Waals surface area contributed by atoms with Crippen LogP contribution in [0.1, 0.15) is 30.7 Å². The van der Waals surface area contributed by atoms with Gasteiger partial charge in [0.15, 0.2) is 0 Å². The lowest BCUT2D eigenvalue weighted by atomic mass is 10.1. The predicted octanol–water partition coefficient (Wildman–Crippen LogP) is 6.65. The number of carbonyl (C=O) groups excluding carboxylic acids is 2. The molecule has 2 aromatic carbocycles. The van der Waals surface area contributed by atoms with Crippen LogP contribution in [-0.4, -0.2) is 34.8 Å². The molecule has 3 rings (SSSR count). The number of hydrogen-bond acceptors (Lipinski definition) is 3. The van der Waals surface area contributed by atoms with Crippen molar-refractivity contribution in [3.8, 4) is 0 Å². The second-order valence-corrected chi connectivity index (χ2v) is 9.71. The molecule has 1 aromatic heterocycles. The molecular formula is C26H29ClFN3O2S. The molecule has 1 unspecified atom stereocenters. The topological polar surface area (TPSA) is 52.7 Å². The molecule has 1 N–H and O–H groups in total. The molecule has 180 valence electrons. The van der Waals surface area contributed by atoms with Crippen LogP contribution in [0.2, 0.25) is 5.02 Å². The van der Waals surface area contributed by atoms with E-state index in [1.807, 2.05) is 61.7 Å². The zero-order chi connectivity index (χ0) is 24.5. The Morgan fingerprint density at radius 3 is 2.47 bits per heavy atom. The Morgan fingerprint density at radius 1 is 1.06 bits per heavy atom. The first kappa shape index (κ1) is 25.7. The van der Waals surface area contributed by atoms with E-state index in [0.29, 0.717) is 25.3 Å². The van der Waals surface area contributed by atoms with Gasteiger partial charge < -0.3 is 15.1 Å². The number of rotatable bonds is 10. The highest BCUT2D eigenvalue weighted by atomic mass is 35.5. The van der Waals surface area contributed by atoms with Crippen LogP contribution in [0.3, 0.4) is 0 Å². The van der Waals surface area contributed by atoms with Crippen LogP contribution in [0, 0.1) is 11.7 Å². The van der Waals surface area contributed by atoms with E-state index in [9.17, 15) is 14.0 Å². The van der Waals surface area contributed by atoms with Crippen molar-refractivity contribution in [2.45, 2.75) is 33.4 Å². The maximum atomic E-state index is 13.5. The molecule has 0 bridgehead atoms. The molecule has 0 aliphatic rings. The van der Waals surface area contributed by atoms with Gasteiger partial charge in [0.25, 0.3) is 0 Å². The van der Waals surface area contributed by atoms with Crippen LogP contribution in [0.5, 0.6) is 0 Å². The molecule has 3 aromatic rings. The van der Waals surface area contributed by atoms with Crippen molar-refractivity contribution in [3.63, 3.8) is 0 Å². The molecule has 0 aliphatic carbocycles. The molecule has 0 saturated carbocycles. The van der Waals surface area contributed by atoms with Gasteiger partial charge in [0, 0.05) is 23.7 Å². The average molecular weight is 502 g/mol. The molecule has 8 heteroatoms. The molecule has 3 amide bonds. The van der Waals surface area contributed by atoms with Crippen LogP contribution >= 0.6 is 22.9 Å². The van der Waals surface area contributed by atoms with Gasteiger partial charge in [-0.05, 0) is 41.1 Å². The summed E-state index contributed by atoms with van der Waals surface area (Å²) in [5.41, 5.74) is 1.39. The highest BCUT2D eigenvalue weighted by molar-refractivity contribution is 7.09. The third-order valence-corrected chi connectivity index (χ3v) is 6.66. The van der Waals surface area contributed by atoms with E-state index in [1.54, 1.807) is 16.2 Å². The zero-order valence-corrected chi connectivity index (χ0v) is 20.9. The van der Waals surface area contributed by atoms with E-state index in [4.69, 9.17) is 11.6 Å². The lowest BCUT2D eigenvalue weighted by Crippen LogP contribution is -2.45. The lowest BCUT2D eigenvalue weighted by molar-refractivity contribution is -0.133. The first-order valence-corrected chi connectivity index (χ1v) is 12.5. The van der Waals surface area contributed by atoms with Gasteiger partial charge in [-0.25, -0.2) is 9.18 Å². The van der Waals surface area contributed by atoms with Crippen molar-refractivity contribution in [1.82, 2.24) is 9.80 Å². The maximum absolute atomic E-state index is 13.5. The minimum atomic E-state index is -0.559. The molecule has 0 fully saturated rings. The molecule has 1 atom stereocenters. The van der Waals surface area contributed by atoms with Crippen LogP contribution < -0.4 is 5.32 Å². The molecule has 5 nitrogen and oxygen atoms in total. The Bertz CT molecular complexity index is 1080. The standard InChI is InChI=1S/C26H29ClFN3O2S/c1-3-19(2)15-31(26(33)29-21-11-12-24(28)23(27)14-21)18-25(32)30(17-22-10-7-13-34-22)16-20-8-5-4-6-9-20/h4-14,19H,3,15-18H2,1-2H3,(H,29,33). The molecule has 0 spiro atoms. The van der Waals surface area contributed by atoms with Gasteiger partial charge in [0.2, 0.25) is 5.91 Å². The Hall–Kier alpha value is -2.90. The highest BCUT2D eigenvalue weighted by Crippen LogP contribution is 2.20. The molecule has 0 saturated heterocycles. The average Bonchev–Trinajstić information content (AvgIpc) is 3.34. The number of carbonyl (C=O) groups is 2. The van der Waals surface area contributed by atoms with Gasteiger partial charge in [-0.15, -0.1) is 11.3 Å². The fourth-order valence-corrected chi connectivity index (χ4v) is 4.29. The van der Waals surface area contributed by atoms with Gasteiger partial charge in [0.05, 0.1) is 11.6 Å². The Balaban J connectivity index is 1.77. The van der Waals surface area contributed by atoms with Crippen molar-refractivity contribution >= 4 is 40.6 Å². The van der Waals surface area contributed by atoms with Crippen LogP contribution in [-0.2, 0) is 17.9 Å². The summed E-state index contributed by atoms with van der Waals surface area (Å²) in [6, 6.07) is 17.3. The van der Waals surface area contributed by atoms with Gasteiger partial charge in [0.1, 0.15) is 12.4 Å². The minimum absolute atomic E-state index is 0.0662. The fourth-order valence-electron chi connectivity index (χ4n) is 3.39. The summed E-state index contributed by atoms with van der Waals surface area (Å²) in [5.74, 6) is -0.500. The van der Waals surface area contributed by atoms with Crippen LogP contribution in [0.4, 0.5) is 14.9 Å². The minimum Gasteiger partial charge on any atom is -0.332 e. The highest BCUT2D eigenvalue weighted by Gasteiger charge is 2.23. The number of nitrogens with zero attached hydrogens (tertiary/aromatic N) is 2. The summed E-state index contributed by atoms with van der Waals surface area (Å²) in [6.45, 7) is 5.35. The first-order chi connectivity index (χ1) is 16.4. The number of hydrogen-bond donors (Lipinski definition) is 1. The van der Waals surface area contributed by atoms with Gasteiger partial charge in [-0.3, -0.25) is 4.79 Å². The number of anilines is 1. The predicted molar refractivity (Wildman–Crippen MR) is 136 cm³/mol. The summed E-state index contributed by atoms with van der Waals surface area (Å²) in [4.78, 5) is 30.9. The number of nitrogens with one attached hydrogen (secondary N) is 1. The number of urea groups is 1. The van der Waals surface area contributed by atoms with Gasteiger partial charge >= 0.3 is 6.03 Å². The largest absolute Gasteiger partial charge is 0.332 e. The normalized spacial score (nSPS) is 11.6. The third-order valence-electron chi connectivity index (χ3n) is 5.51. The van der Waals surface area contributed by atoms with Crippen molar-refractivity contribution < 1.29 is 14.0 Å². The zero-order valence-electron chi connectivity index (χ0n) is 19.3.